The van der Waals surface area contributed by atoms with Crippen LogP contribution in [0.25, 0.3) is 0 Å². The van der Waals surface area contributed by atoms with Gasteiger partial charge in [-0.3, -0.25) is 0 Å². The Kier molecular flexibility index (Phi) is 4.73. The smallest absolute Gasteiger partial charge is 0.200 e. The van der Waals surface area contributed by atoms with Crippen LogP contribution < -0.4 is 15.4 Å². The maximum absolute atomic E-state index is 10.9. The molecular formula is C27H26N2O3S. The number of rotatable bonds is 2. The molecule has 5 atom stereocenters. The fraction of sp³-hybridized carbons (Fsp3) is 0.296. The van der Waals surface area contributed by atoms with Crippen molar-refractivity contribution in [2.75, 3.05) is 0 Å². The number of hydrogen-bond acceptors (Lipinski definition) is 4. The second-order valence-electron chi connectivity index (χ2n) is 9.27. The van der Waals surface area contributed by atoms with E-state index >= 15 is 0 Å². The molecule has 0 radical (unpaired) electrons. The van der Waals surface area contributed by atoms with E-state index in [1.54, 1.807) is 6.07 Å². The van der Waals surface area contributed by atoms with E-state index in [4.69, 9.17) is 17.0 Å². The van der Waals surface area contributed by atoms with Gasteiger partial charge in [0.15, 0.2) is 22.3 Å². The molecule has 1 aliphatic carbocycles. The van der Waals surface area contributed by atoms with E-state index in [1.165, 1.54) is 5.56 Å². The second kappa shape index (κ2) is 7.66. The van der Waals surface area contributed by atoms with Gasteiger partial charge in [0.2, 0.25) is 5.75 Å². The van der Waals surface area contributed by atoms with Gasteiger partial charge < -0.3 is 25.6 Å². The van der Waals surface area contributed by atoms with Crippen molar-refractivity contribution < 1.29 is 14.9 Å². The van der Waals surface area contributed by atoms with Gasteiger partial charge in [-0.05, 0) is 42.3 Å². The highest BCUT2D eigenvalue weighted by atomic mass is 32.1. The van der Waals surface area contributed by atoms with E-state index in [2.05, 4.69) is 34.9 Å². The van der Waals surface area contributed by atoms with E-state index in [0.29, 0.717) is 10.9 Å². The number of ether oxygens (including phenoxy) is 1. The van der Waals surface area contributed by atoms with Crippen molar-refractivity contribution in [2.24, 2.45) is 11.8 Å². The molecule has 3 aromatic rings. The molecule has 1 spiro atoms. The van der Waals surface area contributed by atoms with Gasteiger partial charge in [0.25, 0.3) is 0 Å². The molecule has 0 amide bonds. The van der Waals surface area contributed by atoms with Crippen LogP contribution in [0.5, 0.6) is 17.2 Å². The summed E-state index contributed by atoms with van der Waals surface area (Å²) >= 11 is 5.71. The number of phenolic OH excluding ortho intramolecular Hbond substituents is 2. The van der Waals surface area contributed by atoms with Gasteiger partial charge in [-0.25, -0.2) is 0 Å². The maximum Gasteiger partial charge on any atom is 0.200 e. The minimum atomic E-state index is -0.806. The highest BCUT2D eigenvalue weighted by Crippen LogP contribution is 2.60. The van der Waals surface area contributed by atoms with Crippen LogP contribution in [0, 0.1) is 11.8 Å². The highest BCUT2D eigenvalue weighted by Gasteiger charge is 2.61. The fourth-order valence-electron chi connectivity index (χ4n) is 6.27. The van der Waals surface area contributed by atoms with Crippen LogP contribution >= 0.6 is 12.2 Å². The monoisotopic (exact) mass is 458 g/mol. The third-order valence-corrected chi connectivity index (χ3v) is 7.82. The third kappa shape index (κ3) is 3.08. The lowest BCUT2D eigenvalue weighted by Gasteiger charge is -2.59. The number of aromatic hydroxyl groups is 2. The predicted octanol–water partition coefficient (Wildman–Crippen LogP) is 4.95. The Labute approximate surface area is 198 Å². The van der Waals surface area contributed by atoms with Gasteiger partial charge in [-0.1, -0.05) is 73.2 Å². The van der Waals surface area contributed by atoms with Crippen LogP contribution in [-0.2, 0) is 0 Å². The molecule has 0 bridgehead atoms. The Morgan fingerprint density at radius 2 is 1.52 bits per heavy atom. The first kappa shape index (κ1) is 20.4. The summed E-state index contributed by atoms with van der Waals surface area (Å²) in [5.41, 5.74) is 2.42. The lowest BCUT2D eigenvalue weighted by Crippen LogP contribution is -2.73. The molecule has 3 aromatic carbocycles. The highest BCUT2D eigenvalue weighted by molar-refractivity contribution is 7.80. The topological polar surface area (TPSA) is 73.8 Å². The van der Waals surface area contributed by atoms with Crippen LogP contribution in [0.15, 0.2) is 72.8 Å². The zero-order chi connectivity index (χ0) is 22.6. The Morgan fingerprint density at radius 3 is 2.24 bits per heavy atom. The Bertz CT molecular complexity index is 1200. The van der Waals surface area contributed by atoms with Gasteiger partial charge in [-0.15, -0.1) is 0 Å². The molecule has 4 N–H and O–H groups in total. The first-order chi connectivity index (χ1) is 16.1. The summed E-state index contributed by atoms with van der Waals surface area (Å²) in [6.07, 6.45) is 2.99. The average Bonchev–Trinajstić information content (AvgIpc) is 2.85. The molecule has 0 aromatic heterocycles. The van der Waals surface area contributed by atoms with Gasteiger partial charge in [0.05, 0.1) is 6.04 Å². The van der Waals surface area contributed by atoms with Gasteiger partial charge >= 0.3 is 0 Å². The summed E-state index contributed by atoms with van der Waals surface area (Å²) in [5.74, 6) is 0.116. The summed E-state index contributed by atoms with van der Waals surface area (Å²) in [6, 6.07) is 24.1. The van der Waals surface area contributed by atoms with Crippen LogP contribution in [-0.4, -0.2) is 21.1 Å². The van der Waals surface area contributed by atoms with Crippen molar-refractivity contribution in [1.82, 2.24) is 10.6 Å². The minimum Gasteiger partial charge on any atom is -0.504 e. The van der Waals surface area contributed by atoms with E-state index < -0.39 is 5.72 Å². The number of nitrogens with one attached hydrogen (secondary N) is 2. The Hall–Kier alpha value is -3.25. The Balaban J connectivity index is 1.57. The molecule has 2 heterocycles. The minimum absolute atomic E-state index is 0.00549. The van der Waals surface area contributed by atoms with Crippen LogP contribution in [0.4, 0.5) is 0 Å². The SMILES string of the molecule is Oc1ccc2c(c1O)OC13NC(=S)NC(c4ccccc4)C1CCCC3C2c1ccccc1. The van der Waals surface area contributed by atoms with E-state index in [1.807, 2.05) is 42.5 Å². The molecule has 1 saturated heterocycles. The van der Waals surface area contributed by atoms with Gasteiger partial charge in [0.1, 0.15) is 0 Å². The van der Waals surface area contributed by atoms with Crippen molar-refractivity contribution >= 4 is 17.3 Å². The van der Waals surface area contributed by atoms with Crippen LogP contribution in [0.1, 0.15) is 47.9 Å². The molecule has 5 nitrogen and oxygen atoms in total. The van der Waals surface area contributed by atoms with E-state index in [-0.39, 0.29) is 35.3 Å². The van der Waals surface area contributed by atoms with Crippen LogP contribution in [0.3, 0.4) is 0 Å². The quantitative estimate of drug-likeness (QED) is 0.322. The van der Waals surface area contributed by atoms with Crippen molar-refractivity contribution in [3.05, 3.63) is 89.5 Å². The van der Waals surface area contributed by atoms with Gasteiger partial charge in [0, 0.05) is 23.3 Å². The van der Waals surface area contributed by atoms with Crippen molar-refractivity contribution in [2.45, 2.75) is 36.9 Å². The Morgan fingerprint density at radius 1 is 0.848 bits per heavy atom. The van der Waals surface area contributed by atoms with Gasteiger partial charge in [-0.2, -0.15) is 0 Å². The molecule has 3 aliphatic rings. The molecule has 2 fully saturated rings. The van der Waals surface area contributed by atoms with Crippen molar-refractivity contribution in [3.8, 4) is 17.2 Å². The average molecular weight is 459 g/mol. The maximum atomic E-state index is 10.9. The fourth-order valence-corrected chi connectivity index (χ4v) is 6.56. The molecule has 6 heteroatoms. The molecule has 2 aliphatic heterocycles. The molecule has 168 valence electrons. The lowest BCUT2D eigenvalue weighted by molar-refractivity contribution is -0.122. The summed E-state index contributed by atoms with van der Waals surface area (Å²) in [5, 5.41) is 28.8. The van der Waals surface area contributed by atoms with Crippen LogP contribution in [0.2, 0.25) is 0 Å². The number of fused-ring (bicyclic) bond motifs is 1. The summed E-state index contributed by atoms with van der Waals surface area (Å²) < 4.78 is 6.76. The first-order valence-electron chi connectivity index (χ1n) is 11.5. The van der Waals surface area contributed by atoms with E-state index in [0.717, 1.165) is 30.4 Å². The first-order valence-corrected chi connectivity index (χ1v) is 11.9. The zero-order valence-corrected chi connectivity index (χ0v) is 18.9. The number of hydrogen-bond donors (Lipinski definition) is 4. The third-order valence-electron chi connectivity index (χ3n) is 7.60. The zero-order valence-electron chi connectivity index (χ0n) is 18.1. The summed E-state index contributed by atoms with van der Waals surface area (Å²) in [4.78, 5) is 0. The standard InChI is InChI=1S/C27H26N2O3S/c30-21-15-14-18-22(16-8-3-1-4-9-16)19-12-7-13-20-23(17-10-5-2-6-11-17)28-26(33)29-27(19,20)32-25(18)24(21)31/h1-6,8-11,14-15,19-20,22-23,30-31H,7,12-13H2,(H2,28,29,33). The molecule has 5 unspecified atom stereocenters. The molecule has 6 rings (SSSR count). The summed E-state index contributed by atoms with van der Waals surface area (Å²) in [7, 11) is 0. The predicted molar refractivity (Wildman–Crippen MR) is 130 cm³/mol. The lowest BCUT2D eigenvalue weighted by atomic mass is 9.60. The molecule has 1 saturated carbocycles. The largest absolute Gasteiger partial charge is 0.504 e. The number of phenols is 2. The summed E-state index contributed by atoms with van der Waals surface area (Å²) in [6.45, 7) is 0. The normalized spacial score (nSPS) is 30.0. The van der Waals surface area contributed by atoms with E-state index in [9.17, 15) is 10.2 Å². The number of thiocarbonyl (C=S) groups is 1. The second-order valence-corrected chi connectivity index (χ2v) is 9.67. The van der Waals surface area contributed by atoms with Crippen molar-refractivity contribution in [3.63, 3.8) is 0 Å². The molecule has 33 heavy (non-hydrogen) atoms. The number of benzene rings is 3. The molecular weight excluding hydrogens is 432 g/mol. The van der Waals surface area contributed by atoms with Crippen molar-refractivity contribution in [1.29, 1.82) is 0 Å².